The van der Waals surface area contributed by atoms with E-state index < -0.39 is 0 Å². The highest BCUT2D eigenvalue weighted by atomic mass is 16.6. The average Bonchev–Trinajstić information content (AvgIpc) is 2.72. The molecule has 0 heterocycles. The first-order valence-electron chi connectivity index (χ1n) is 11.8. The van der Waals surface area contributed by atoms with E-state index in [9.17, 15) is 4.79 Å². The van der Waals surface area contributed by atoms with E-state index in [0.717, 1.165) is 13.0 Å². The Balaban J connectivity index is 3.02. The molecule has 0 aliphatic heterocycles. The standard InChI is InChI=1S/C23H46O6/c1-3-5-6-7-8-9-10-11-12-13-15-25-17-19-27-21-22-28-20-18-26-16-14-23(24)29-4-2/h3-22H2,1-2H3. The molecule has 174 valence electrons. The van der Waals surface area contributed by atoms with Crippen molar-refractivity contribution < 1.29 is 28.5 Å². The molecule has 6 heteroatoms. The van der Waals surface area contributed by atoms with Crippen LogP contribution in [0.15, 0.2) is 0 Å². The van der Waals surface area contributed by atoms with Crippen molar-refractivity contribution in [3.63, 3.8) is 0 Å². The zero-order valence-corrected chi connectivity index (χ0v) is 19.1. The fourth-order valence-corrected chi connectivity index (χ4v) is 2.84. The van der Waals surface area contributed by atoms with Gasteiger partial charge in [0.15, 0.2) is 0 Å². The van der Waals surface area contributed by atoms with Crippen LogP contribution in [-0.2, 0) is 28.5 Å². The summed E-state index contributed by atoms with van der Waals surface area (Å²) in [5, 5.41) is 0. The maximum absolute atomic E-state index is 11.1. The molecule has 0 saturated heterocycles. The number of carbonyl (C=O) groups is 1. The summed E-state index contributed by atoms with van der Waals surface area (Å²) in [5.41, 5.74) is 0. The largest absolute Gasteiger partial charge is 0.466 e. The van der Waals surface area contributed by atoms with Gasteiger partial charge in [-0.15, -0.1) is 0 Å². The van der Waals surface area contributed by atoms with Crippen LogP contribution >= 0.6 is 0 Å². The summed E-state index contributed by atoms with van der Waals surface area (Å²) >= 11 is 0. The fourth-order valence-electron chi connectivity index (χ4n) is 2.84. The summed E-state index contributed by atoms with van der Waals surface area (Å²) in [6.07, 6.45) is 13.7. The van der Waals surface area contributed by atoms with Gasteiger partial charge in [-0.1, -0.05) is 64.7 Å². The van der Waals surface area contributed by atoms with Gasteiger partial charge in [0.05, 0.1) is 59.3 Å². The highest BCUT2D eigenvalue weighted by Gasteiger charge is 2.00. The van der Waals surface area contributed by atoms with Crippen LogP contribution in [0.5, 0.6) is 0 Å². The molecule has 0 rings (SSSR count). The summed E-state index contributed by atoms with van der Waals surface area (Å²) < 4.78 is 26.6. The van der Waals surface area contributed by atoms with E-state index in [2.05, 4.69) is 6.92 Å². The third-order valence-electron chi connectivity index (χ3n) is 4.51. The van der Waals surface area contributed by atoms with Crippen LogP contribution in [0.25, 0.3) is 0 Å². The predicted molar refractivity (Wildman–Crippen MR) is 116 cm³/mol. The zero-order chi connectivity index (χ0) is 21.3. The average molecular weight is 419 g/mol. The SMILES string of the molecule is CCCCCCCCCCCCOCCOCCOCCOCCC(=O)OCC. The van der Waals surface area contributed by atoms with Gasteiger partial charge in [-0.25, -0.2) is 0 Å². The Morgan fingerprint density at radius 3 is 1.41 bits per heavy atom. The highest BCUT2D eigenvalue weighted by molar-refractivity contribution is 5.69. The van der Waals surface area contributed by atoms with E-state index in [1.165, 1.54) is 57.8 Å². The van der Waals surface area contributed by atoms with Gasteiger partial charge in [-0.05, 0) is 13.3 Å². The van der Waals surface area contributed by atoms with Gasteiger partial charge in [0, 0.05) is 6.61 Å². The first kappa shape index (κ1) is 28.3. The maximum Gasteiger partial charge on any atom is 0.308 e. The minimum absolute atomic E-state index is 0.225. The van der Waals surface area contributed by atoms with E-state index in [-0.39, 0.29) is 12.4 Å². The Hall–Kier alpha value is -0.690. The molecular formula is C23H46O6. The van der Waals surface area contributed by atoms with E-state index in [0.29, 0.717) is 52.9 Å². The van der Waals surface area contributed by atoms with Crippen molar-refractivity contribution in [2.75, 3.05) is 59.5 Å². The van der Waals surface area contributed by atoms with Crippen molar-refractivity contribution >= 4 is 5.97 Å². The quantitative estimate of drug-likeness (QED) is 0.164. The monoisotopic (exact) mass is 418 g/mol. The second-order valence-corrected chi connectivity index (χ2v) is 7.19. The zero-order valence-electron chi connectivity index (χ0n) is 19.1. The first-order chi connectivity index (χ1) is 14.3. The van der Waals surface area contributed by atoms with Crippen LogP contribution in [0.4, 0.5) is 0 Å². The number of esters is 1. The molecule has 0 radical (unpaired) electrons. The topological polar surface area (TPSA) is 63.2 Å². The van der Waals surface area contributed by atoms with Crippen LogP contribution in [0.1, 0.15) is 84.5 Å². The second kappa shape index (κ2) is 25.3. The Kier molecular flexibility index (Phi) is 24.7. The van der Waals surface area contributed by atoms with Crippen molar-refractivity contribution in [1.82, 2.24) is 0 Å². The van der Waals surface area contributed by atoms with E-state index >= 15 is 0 Å². The van der Waals surface area contributed by atoms with Crippen LogP contribution in [-0.4, -0.2) is 65.4 Å². The minimum Gasteiger partial charge on any atom is -0.466 e. The second-order valence-electron chi connectivity index (χ2n) is 7.19. The van der Waals surface area contributed by atoms with Gasteiger partial charge < -0.3 is 23.7 Å². The normalized spacial score (nSPS) is 11.1. The number of ether oxygens (including phenoxy) is 5. The Labute approximate surface area is 178 Å². The molecule has 0 saturated carbocycles. The molecule has 0 bridgehead atoms. The van der Waals surface area contributed by atoms with E-state index in [1.54, 1.807) is 6.92 Å². The van der Waals surface area contributed by atoms with Gasteiger partial charge in [0.25, 0.3) is 0 Å². The lowest BCUT2D eigenvalue weighted by Gasteiger charge is -2.07. The fraction of sp³-hybridized carbons (Fsp3) is 0.957. The maximum atomic E-state index is 11.1. The lowest BCUT2D eigenvalue weighted by atomic mass is 10.1. The number of unbranched alkanes of at least 4 members (excludes halogenated alkanes) is 9. The van der Waals surface area contributed by atoms with Crippen molar-refractivity contribution in [1.29, 1.82) is 0 Å². The molecule has 0 fully saturated rings. The van der Waals surface area contributed by atoms with Crippen LogP contribution in [0.2, 0.25) is 0 Å². The van der Waals surface area contributed by atoms with Gasteiger partial charge in [0.1, 0.15) is 0 Å². The molecule has 0 aliphatic carbocycles. The van der Waals surface area contributed by atoms with Gasteiger partial charge in [0.2, 0.25) is 0 Å². The predicted octanol–water partition coefficient (Wildman–Crippen LogP) is 4.93. The smallest absolute Gasteiger partial charge is 0.308 e. The molecular weight excluding hydrogens is 372 g/mol. The van der Waals surface area contributed by atoms with Crippen LogP contribution < -0.4 is 0 Å². The van der Waals surface area contributed by atoms with E-state index in [4.69, 9.17) is 23.7 Å². The van der Waals surface area contributed by atoms with Crippen molar-refractivity contribution in [2.24, 2.45) is 0 Å². The molecule has 0 unspecified atom stereocenters. The van der Waals surface area contributed by atoms with Crippen LogP contribution in [0, 0.1) is 0 Å². The number of hydrogen-bond acceptors (Lipinski definition) is 6. The Morgan fingerprint density at radius 2 is 0.931 bits per heavy atom. The van der Waals surface area contributed by atoms with Gasteiger partial charge >= 0.3 is 5.97 Å². The molecule has 6 nitrogen and oxygen atoms in total. The minimum atomic E-state index is -0.225. The molecule has 0 aromatic heterocycles. The molecule has 0 aliphatic rings. The Morgan fingerprint density at radius 1 is 0.517 bits per heavy atom. The van der Waals surface area contributed by atoms with Crippen molar-refractivity contribution in [3.05, 3.63) is 0 Å². The molecule has 0 aromatic rings. The van der Waals surface area contributed by atoms with Gasteiger partial charge in [-0.2, -0.15) is 0 Å². The first-order valence-corrected chi connectivity index (χ1v) is 11.8. The molecule has 0 spiro atoms. The van der Waals surface area contributed by atoms with Gasteiger partial charge in [-0.3, -0.25) is 4.79 Å². The molecule has 0 N–H and O–H groups in total. The summed E-state index contributed by atoms with van der Waals surface area (Å²) in [7, 11) is 0. The lowest BCUT2D eigenvalue weighted by molar-refractivity contribution is -0.144. The molecule has 0 atom stereocenters. The van der Waals surface area contributed by atoms with Crippen LogP contribution in [0.3, 0.4) is 0 Å². The molecule has 0 amide bonds. The lowest BCUT2D eigenvalue weighted by Crippen LogP contribution is -2.13. The molecule has 29 heavy (non-hydrogen) atoms. The van der Waals surface area contributed by atoms with Crippen molar-refractivity contribution in [2.45, 2.75) is 84.5 Å². The summed E-state index contributed by atoms with van der Waals surface area (Å²) in [5.74, 6) is -0.225. The summed E-state index contributed by atoms with van der Waals surface area (Å²) in [6, 6.07) is 0. The highest BCUT2D eigenvalue weighted by Crippen LogP contribution is 2.10. The summed E-state index contributed by atoms with van der Waals surface area (Å²) in [4.78, 5) is 11.1. The third-order valence-corrected chi connectivity index (χ3v) is 4.51. The number of rotatable bonds is 24. The Bertz CT molecular complexity index is 324. The summed E-state index contributed by atoms with van der Waals surface area (Å²) in [6.45, 7) is 9.00. The number of hydrogen-bond donors (Lipinski definition) is 0. The number of carbonyl (C=O) groups excluding carboxylic acids is 1. The van der Waals surface area contributed by atoms with E-state index in [1.807, 2.05) is 0 Å². The third kappa shape index (κ3) is 25.3. The van der Waals surface area contributed by atoms with Crippen molar-refractivity contribution in [3.8, 4) is 0 Å². The molecule has 0 aromatic carbocycles.